The van der Waals surface area contributed by atoms with Gasteiger partial charge < -0.3 is 0 Å². The number of hydrogen-bond acceptors (Lipinski definition) is 0. The van der Waals surface area contributed by atoms with Crippen molar-refractivity contribution in [3.8, 4) is 0 Å². The van der Waals surface area contributed by atoms with Gasteiger partial charge in [-0.2, -0.15) is 0 Å². The fourth-order valence-corrected chi connectivity index (χ4v) is 1.45. The summed E-state index contributed by atoms with van der Waals surface area (Å²) in [4.78, 5) is 0. The van der Waals surface area contributed by atoms with Gasteiger partial charge in [-0.1, -0.05) is 0 Å². The number of rotatable bonds is 0. The lowest BCUT2D eigenvalue weighted by molar-refractivity contribution is 0.575. The second kappa shape index (κ2) is 2.12. The maximum atomic E-state index is 13.0. The van der Waals surface area contributed by atoms with E-state index < -0.39 is 0 Å². The van der Waals surface area contributed by atoms with Crippen molar-refractivity contribution in [2.24, 2.45) is 14.1 Å². The molecule has 0 atom stereocenters. The summed E-state index contributed by atoms with van der Waals surface area (Å²) in [5.74, 6) is -0.131. The Balaban J connectivity index is 2.79. The van der Waals surface area contributed by atoms with Crippen molar-refractivity contribution < 1.29 is 4.39 Å². The van der Waals surface area contributed by atoms with Gasteiger partial charge in [0.15, 0.2) is 0 Å². The molecule has 0 bridgehead atoms. The molecule has 0 amide bonds. The molecule has 2 rings (SSSR count). The zero-order valence-electron chi connectivity index (χ0n) is 7.43. The van der Waals surface area contributed by atoms with E-state index in [1.807, 2.05) is 29.5 Å². The summed E-state index contributed by atoms with van der Waals surface area (Å²) in [6.07, 6.45) is 0. The minimum absolute atomic E-state index is 0.131. The third kappa shape index (κ3) is 0.734. The Kier molecular flexibility index (Phi) is 1.31. The Morgan fingerprint density at radius 2 is 1.58 bits per heavy atom. The number of halogens is 1. The van der Waals surface area contributed by atoms with Crippen LogP contribution < -0.4 is 0 Å². The van der Waals surface area contributed by atoms with Crippen LogP contribution in [-0.2, 0) is 14.1 Å². The van der Waals surface area contributed by atoms with Crippen LogP contribution in [0.3, 0.4) is 0 Å². The number of aromatic nitrogens is 2. The fraction of sp³-hybridized carbons (Fsp3) is 0.333. The zero-order chi connectivity index (χ0) is 8.88. The van der Waals surface area contributed by atoms with Gasteiger partial charge in [-0.15, -0.1) is 0 Å². The number of hydrogen-bond donors (Lipinski definition) is 0. The van der Waals surface area contributed by atoms with Crippen LogP contribution in [0.25, 0.3) is 11.0 Å². The van der Waals surface area contributed by atoms with Gasteiger partial charge in [0.1, 0.15) is 5.82 Å². The number of nitrogens with zero attached hydrogens (tertiary/aromatic N) is 2. The van der Waals surface area contributed by atoms with E-state index in [4.69, 9.17) is 0 Å². The largest absolute Gasteiger partial charge is 0.286 e. The smallest absolute Gasteiger partial charge is 0.128 e. The Morgan fingerprint density at radius 3 is 2.17 bits per heavy atom. The lowest BCUT2D eigenvalue weighted by Gasteiger charge is -2.20. The van der Waals surface area contributed by atoms with E-state index in [1.165, 1.54) is 0 Å². The topological polar surface area (TPSA) is 9.86 Å². The summed E-state index contributed by atoms with van der Waals surface area (Å²) in [6.45, 7) is 1.78. The van der Waals surface area contributed by atoms with Gasteiger partial charge in [0.05, 0.1) is 11.0 Å². The van der Waals surface area contributed by atoms with Crippen LogP contribution in [0, 0.1) is 12.7 Å². The summed E-state index contributed by atoms with van der Waals surface area (Å²) in [5, 5.41) is 0. The van der Waals surface area contributed by atoms with Crippen molar-refractivity contribution in [1.29, 1.82) is 0 Å². The first-order chi connectivity index (χ1) is 5.61. The van der Waals surface area contributed by atoms with Crippen LogP contribution in [0.5, 0.6) is 0 Å². The van der Waals surface area contributed by atoms with Gasteiger partial charge in [-0.25, -0.2) is 4.39 Å². The molecule has 64 valence electrons. The van der Waals surface area contributed by atoms with Gasteiger partial charge in [0.25, 0.3) is 0 Å². The molecule has 0 saturated carbocycles. The van der Waals surface area contributed by atoms with Crippen molar-refractivity contribution in [2.45, 2.75) is 6.92 Å². The van der Waals surface area contributed by atoms with Gasteiger partial charge in [-0.05, 0) is 18.6 Å². The molecule has 2 nitrogen and oxygen atoms in total. The van der Waals surface area contributed by atoms with Gasteiger partial charge in [0.2, 0.25) is 0 Å². The summed E-state index contributed by atoms with van der Waals surface area (Å²) in [6, 6.07) is 3.44. The summed E-state index contributed by atoms with van der Waals surface area (Å²) in [7, 11) is 3.87. The fourth-order valence-electron chi connectivity index (χ4n) is 1.45. The van der Waals surface area contributed by atoms with Crippen LogP contribution >= 0.6 is 0 Å². The van der Waals surface area contributed by atoms with E-state index in [0.29, 0.717) is 5.56 Å². The highest BCUT2D eigenvalue weighted by Crippen LogP contribution is 2.20. The van der Waals surface area contributed by atoms with Crippen molar-refractivity contribution in [2.75, 3.05) is 0 Å². The number of fused-ring (bicyclic) bond motifs is 1. The normalized spacial score (nSPS) is 11.3. The van der Waals surface area contributed by atoms with Gasteiger partial charge >= 0.3 is 0 Å². The molecule has 2 aromatic rings. The van der Waals surface area contributed by atoms with E-state index in [0.717, 1.165) is 11.0 Å². The molecule has 0 fully saturated rings. The average Bonchev–Trinajstić information content (AvgIpc) is 2.08. The second-order valence-electron chi connectivity index (χ2n) is 3.14. The number of benzene rings is 1. The molecule has 1 heterocycles. The lowest BCUT2D eigenvalue weighted by atomic mass is 10.2. The molecule has 0 aliphatic rings. The van der Waals surface area contributed by atoms with Crippen molar-refractivity contribution in [3.05, 3.63) is 23.5 Å². The lowest BCUT2D eigenvalue weighted by Crippen LogP contribution is -2.17. The molecule has 0 unspecified atom stereocenters. The van der Waals surface area contributed by atoms with Crippen LogP contribution in [0.15, 0.2) is 12.1 Å². The first kappa shape index (κ1) is 7.40. The van der Waals surface area contributed by atoms with Crippen LogP contribution in [-0.4, -0.2) is 9.36 Å². The predicted octanol–water partition coefficient (Wildman–Crippen LogP) is 1.96. The highest BCUT2D eigenvalue weighted by Gasteiger charge is 2.09. The van der Waals surface area contributed by atoms with E-state index in [1.54, 1.807) is 13.0 Å². The minimum Gasteiger partial charge on any atom is -0.286 e. The van der Waals surface area contributed by atoms with E-state index >= 15 is 0 Å². The van der Waals surface area contributed by atoms with Gasteiger partial charge in [-0.3, -0.25) is 9.36 Å². The zero-order valence-corrected chi connectivity index (χ0v) is 7.43. The van der Waals surface area contributed by atoms with E-state index in [2.05, 4.69) is 0 Å². The van der Waals surface area contributed by atoms with E-state index in [-0.39, 0.29) is 5.82 Å². The van der Waals surface area contributed by atoms with Crippen molar-refractivity contribution in [3.63, 3.8) is 0 Å². The molecule has 0 N–H and O–H groups in total. The molecule has 12 heavy (non-hydrogen) atoms. The monoisotopic (exact) mass is 166 g/mol. The molecule has 0 aliphatic heterocycles. The third-order valence-electron chi connectivity index (χ3n) is 2.40. The Bertz CT molecular complexity index is 389. The standard InChI is InChI=1S/C9H11FN2/c1-6-4-8-9(5-7(6)10)12(3)11(8)2/h4-5H,1-3H3. The highest BCUT2D eigenvalue weighted by atomic mass is 19.1. The first-order valence-electron chi connectivity index (χ1n) is 3.89. The van der Waals surface area contributed by atoms with Crippen LogP contribution in [0.4, 0.5) is 4.39 Å². The molecular formula is C9H11FN2. The summed E-state index contributed by atoms with van der Waals surface area (Å²) >= 11 is 0. The third-order valence-corrected chi connectivity index (χ3v) is 2.40. The van der Waals surface area contributed by atoms with Crippen LogP contribution in [0.1, 0.15) is 5.56 Å². The molecule has 1 aromatic heterocycles. The first-order valence-corrected chi connectivity index (χ1v) is 3.89. The SMILES string of the molecule is Cc1cc2c(cc1F)n(C)n2C. The molecule has 0 radical (unpaired) electrons. The molecule has 0 saturated heterocycles. The molecule has 1 aromatic carbocycles. The average molecular weight is 166 g/mol. The molecule has 3 heteroatoms. The minimum atomic E-state index is -0.131. The second-order valence-corrected chi connectivity index (χ2v) is 3.14. The molecule has 0 spiro atoms. The highest BCUT2D eigenvalue weighted by molar-refractivity contribution is 5.78. The quantitative estimate of drug-likeness (QED) is 0.566. The number of aryl methyl sites for hydroxylation is 3. The summed E-state index contributed by atoms with van der Waals surface area (Å²) < 4.78 is 17.0. The molecular weight excluding hydrogens is 155 g/mol. The van der Waals surface area contributed by atoms with Crippen molar-refractivity contribution >= 4 is 11.0 Å². The predicted molar refractivity (Wildman–Crippen MR) is 46.6 cm³/mol. The maximum Gasteiger partial charge on any atom is 0.128 e. The Morgan fingerprint density at radius 1 is 1.08 bits per heavy atom. The Labute approximate surface area is 70.2 Å². The van der Waals surface area contributed by atoms with E-state index in [9.17, 15) is 4.39 Å². The van der Waals surface area contributed by atoms with Gasteiger partial charge in [0, 0.05) is 20.2 Å². The van der Waals surface area contributed by atoms with Crippen LogP contribution in [0.2, 0.25) is 0 Å². The Hall–Kier alpha value is -1.25. The van der Waals surface area contributed by atoms with Crippen molar-refractivity contribution in [1.82, 2.24) is 9.36 Å². The summed E-state index contributed by atoms with van der Waals surface area (Å²) in [5.41, 5.74) is 2.76. The maximum absolute atomic E-state index is 13.0. The molecule has 0 aliphatic carbocycles.